The van der Waals surface area contributed by atoms with Gasteiger partial charge in [-0.1, -0.05) is 0 Å². The first-order valence-corrected chi connectivity index (χ1v) is 7.09. The maximum absolute atomic E-state index is 11.8. The molecule has 1 heterocycles. The second kappa shape index (κ2) is 10.2. The normalized spacial score (nSPS) is 18.6. The second-order valence-electron chi connectivity index (χ2n) is 4.52. The summed E-state index contributed by atoms with van der Waals surface area (Å²) in [5.74, 6) is -0.361. The third-order valence-electron chi connectivity index (χ3n) is 2.94. The number of ether oxygens (including phenoxy) is 2. The van der Waals surface area contributed by atoms with Crippen molar-refractivity contribution in [3.63, 3.8) is 0 Å². The number of carbonyl (C=O) groups is 1. The van der Waals surface area contributed by atoms with E-state index in [1.165, 1.54) is 6.20 Å². The monoisotopic (exact) mass is 281 g/mol. The predicted molar refractivity (Wildman–Crippen MR) is 74.8 cm³/mol. The molecule has 0 aromatic heterocycles. The van der Waals surface area contributed by atoms with Gasteiger partial charge in [-0.3, -0.25) is 4.79 Å². The first-order chi connectivity index (χ1) is 9.77. The second-order valence-corrected chi connectivity index (χ2v) is 4.52. The lowest BCUT2D eigenvalue weighted by Crippen LogP contribution is -2.33. The van der Waals surface area contributed by atoms with Crippen LogP contribution in [0.15, 0.2) is 11.8 Å². The van der Waals surface area contributed by atoms with Crippen LogP contribution in [0.25, 0.3) is 0 Å². The minimum absolute atomic E-state index is 0.0815. The summed E-state index contributed by atoms with van der Waals surface area (Å²) in [7, 11) is 0. The molecular weight excluding hydrogens is 258 g/mol. The zero-order valence-corrected chi connectivity index (χ0v) is 12.0. The van der Waals surface area contributed by atoms with Crippen molar-refractivity contribution in [3.8, 4) is 6.07 Å². The van der Waals surface area contributed by atoms with Gasteiger partial charge in [-0.2, -0.15) is 5.26 Å². The summed E-state index contributed by atoms with van der Waals surface area (Å²) in [4.78, 5) is 11.8. The van der Waals surface area contributed by atoms with E-state index in [-0.39, 0.29) is 17.6 Å². The SMILES string of the molecule is CCOCCCN/C=C(/C#N)C(=O)NCC1CCCO1. The lowest BCUT2D eigenvalue weighted by molar-refractivity contribution is -0.117. The highest BCUT2D eigenvalue weighted by atomic mass is 16.5. The van der Waals surface area contributed by atoms with Gasteiger partial charge < -0.3 is 20.1 Å². The number of nitrogens with one attached hydrogen (secondary N) is 2. The topological polar surface area (TPSA) is 83.4 Å². The fraction of sp³-hybridized carbons (Fsp3) is 0.714. The minimum atomic E-state index is -0.361. The van der Waals surface area contributed by atoms with Crippen molar-refractivity contribution in [2.75, 3.05) is 32.9 Å². The maximum atomic E-state index is 11.8. The van der Waals surface area contributed by atoms with Crippen molar-refractivity contribution in [2.45, 2.75) is 32.3 Å². The fourth-order valence-electron chi connectivity index (χ4n) is 1.85. The van der Waals surface area contributed by atoms with E-state index in [1.807, 2.05) is 13.0 Å². The molecule has 0 saturated carbocycles. The van der Waals surface area contributed by atoms with Crippen molar-refractivity contribution < 1.29 is 14.3 Å². The van der Waals surface area contributed by atoms with E-state index in [1.54, 1.807) is 0 Å². The van der Waals surface area contributed by atoms with Crippen LogP contribution in [-0.2, 0) is 14.3 Å². The van der Waals surface area contributed by atoms with Crippen molar-refractivity contribution in [1.82, 2.24) is 10.6 Å². The van der Waals surface area contributed by atoms with Crippen LogP contribution >= 0.6 is 0 Å². The van der Waals surface area contributed by atoms with E-state index in [2.05, 4.69) is 10.6 Å². The summed E-state index contributed by atoms with van der Waals surface area (Å²) in [6.45, 7) is 5.20. The third-order valence-corrected chi connectivity index (χ3v) is 2.94. The van der Waals surface area contributed by atoms with Crippen LogP contribution < -0.4 is 10.6 Å². The van der Waals surface area contributed by atoms with Gasteiger partial charge in [0.2, 0.25) is 0 Å². The molecule has 0 bridgehead atoms. The van der Waals surface area contributed by atoms with E-state index in [0.29, 0.717) is 26.3 Å². The summed E-state index contributed by atoms with van der Waals surface area (Å²) in [5.41, 5.74) is 0.0828. The number of hydrogen-bond donors (Lipinski definition) is 2. The van der Waals surface area contributed by atoms with E-state index in [0.717, 1.165) is 25.9 Å². The van der Waals surface area contributed by atoms with Gasteiger partial charge in [0.25, 0.3) is 5.91 Å². The fourth-order valence-corrected chi connectivity index (χ4v) is 1.85. The van der Waals surface area contributed by atoms with Gasteiger partial charge in [0.05, 0.1) is 6.10 Å². The molecule has 0 radical (unpaired) electrons. The summed E-state index contributed by atoms with van der Waals surface area (Å²) < 4.78 is 10.6. The lowest BCUT2D eigenvalue weighted by atomic mass is 10.2. The van der Waals surface area contributed by atoms with Gasteiger partial charge in [0.1, 0.15) is 11.6 Å². The largest absolute Gasteiger partial charge is 0.390 e. The lowest BCUT2D eigenvalue weighted by Gasteiger charge is -2.10. The van der Waals surface area contributed by atoms with Gasteiger partial charge in [0.15, 0.2) is 0 Å². The van der Waals surface area contributed by atoms with E-state index in [9.17, 15) is 4.79 Å². The van der Waals surface area contributed by atoms with Crippen molar-refractivity contribution in [2.24, 2.45) is 0 Å². The van der Waals surface area contributed by atoms with Gasteiger partial charge in [-0.25, -0.2) is 0 Å². The zero-order valence-electron chi connectivity index (χ0n) is 12.0. The number of nitrogens with zero attached hydrogens (tertiary/aromatic N) is 1. The summed E-state index contributed by atoms with van der Waals surface area (Å²) in [5, 5.41) is 14.6. The highest BCUT2D eigenvalue weighted by molar-refractivity contribution is 5.97. The molecule has 1 aliphatic heterocycles. The molecule has 0 aromatic carbocycles. The van der Waals surface area contributed by atoms with Crippen molar-refractivity contribution in [3.05, 3.63) is 11.8 Å². The third kappa shape index (κ3) is 6.55. The van der Waals surface area contributed by atoms with Crippen LogP contribution in [-0.4, -0.2) is 44.9 Å². The Morgan fingerprint density at radius 1 is 1.60 bits per heavy atom. The van der Waals surface area contributed by atoms with Crippen LogP contribution in [0.4, 0.5) is 0 Å². The molecule has 1 rings (SSSR count). The molecular formula is C14H23N3O3. The standard InChI is InChI=1S/C14H23N3O3/c1-2-19-7-4-6-16-10-12(9-15)14(18)17-11-13-5-3-8-20-13/h10,13,16H,2-8,11H2,1H3,(H,17,18)/b12-10-. The molecule has 1 atom stereocenters. The average Bonchev–Trinajstić information content (AvgIpc) is 2.97. The summed E-state index contributed by atoms with van der Waals surface area (Å²) in [6, 6.07) is 1.89. The molecule has 2 N–H and O–H groups in total. The van der Waals surface area contributed by atoms with E-state index >= 15 is 0 Å². The van der Waals surface area contributed by atoms with Crippen LogP contribution in [0.2, 0.25) is 0 Å². The predicted octanol–water partition coefficient (Wildman–Crippen LogP) is 0.705. The summed E-state index contributed by atoms with van der Waals surface area (Å²) in [6.07, 6.45) is 4.36. The van der Waals surface area contributed by atoms with Crippen LogP contribution in [0.1, 0.15) is 26.2 Å². The van der Waals surface area contributed by atoms with Crippen molar-refractivity contribution >= 4 is 5.91 Å². The maximum Gasteiger partial charge on any atom is 0.263 e. The smallest absolute Gasteiger partial charge is 0.263 e. The average molecular weight is 281 g/mol. The van der Waals surface area contributed by atoms with Crippen LogP contribution in [0.3, 0.4) is 0 Å². The Hall–Kier alpha value is -1.58. The van der Waals surface area contributed by atoms with Gasteiger partial charge >= 0.3 is 0 Å². The Morgan fingerprint density at radius 3 is 3.10 bits per heavy atom. The van der Waals surface area contributed by atoms with E-state index in [4.69, 9.17) is 14.7 Å². The number of amides is 1. The molecule has 6 heteroatoms. The van der Waals surface area contributed by atoms with Gasteiger partial charge in [-0.05, 0) is 26.2 Å². The molecule has 1 fully saturated rings. The van der Waals surface area contributed by atoms with Gasteiger partial charge in [0, 0.05) is 39.1 Å². The Kier molecular flexibility index (Phi) is 8.43. The molecule has 1 saturated heterocycles. The highest BCUT2D eigenvalue weighted by Gasteiger charge is 2.17. The number of rotatable bonds is 9. The first-order valence-electron chi connectivity index (χ1n) is 7.09. The zero-order chi connectivity index (χ0) is 14.6. The Balaban J connectivity index is 2.21. The highest BCUT2D eigenvalue weighted by Crippen LogP contribution is 2.10. The molecule has 112 valence electrons. The molecule has 1 unspecified atom stereocenters. The number of hydrogen-bond acceptors (Lipinski definition) is 5. The van der Waals surface area contributed by atoms with Crippen molar-refractivity contribution in [1.29, 1.82) is 5.26 Å². The molecule has 0 aliphatic carbocycles. The van der Waals surface area contributed by atoms with Crippen LogP contribution in [0.5, 0.6) is 0 Å². The molecule has 1 aliphatic rings. The molecule has 0 aromatic rings. The molecule has 0 spiro atoms. The Morgan fingerprint density at radius 2 is 2.45 bits per heavy atom. The number of nitriles is 1. The Bertz CT molecular complexity index is 357. The first kappa shape index (κ1) is 16.5. The minimum Gasteiger partial charge on any atom is -0.390 e. The molecule has 1 amide bonds. The Labute approximate surface area is 120 Å². The quantitative estimate of drug-likeness (QED) is 0.369. The molecule has 20 heavy (non-hydrogen) atoms. The van der Waals surface area contributed by atoms with E-state index < -0.39 is 0 Å². The molecule has 6 nitrogen and oxygen atoms in total. The number of carbonyl (C=O) groups excluding carboxylic acids is 1. The summed E-state index contributed by atoms with van der Waals surface area (Å²) >= 11 is 0. The van der Waals surface area contributed by atoms with Gasteiger partial charge in [-0.15, -0.1) is 0 Å². The van der Waals surface area contributed by atoms with Crippen LogP contribution in [0, 0.1) is 11.3 Å².